The molecule has 1 aromatic carbocycles. The first-order valence-corrected chi connectivity index (χ1v) is 4.96. The monoisotopic (exact) mass is 221 g/mol. The predicted octanol–water partition coefficient (Wildman–Crippen LogP) is 0.697. The van der Waals surface area contributed by atoms with Gasteiger partial charge in [0.1, 0.15) is 0 Å². The van der Waals surface area contributed by atoms with Crippen LogP contribution in [0.5, 0.6) is 0 Å². The fourth-order valence-electron chi connectivity index (χ4n) is 1.26. The van der Waals surface area contributed by atoms with Crippen LogP contribution in [0, 0.1) is 0 Å². The second kappa shape index (κ2) is 5.75. The van der Waals surface area contributed by atoms with Crippen molar-refractivity contribution in [2.75, 3.05) is 6.61 Å². The molecule has 0 bridgehead atoms. The molecule has 0 aliphatic rings. The number of rotatable bonds is 4. The molecule has 1 aromatic rings. The molecule has 0 saturated heterocycles. The van der Waals surface area contributed by atoms with Crippen LogP contribution in [0.15, 0.2) is 29.3 Å². The van der Waals surface area contributed by atoms with Gasteiger partial charge in [0.2, 0.25) is 0 Å². The van der Waals surface area contributed by atoms with E-state index < -0.39 is 0 Å². The molecule has 0 radical (unpaired) electrons. The van der Waals surface area contributed by atoms with Crippen LogP contribution >= 0.6 is 0 Å². The molecule has 0 aromatic heterocycles. The molecule has 0 aliphatic carbocycles. The number of carbonyl (C=O) groups is 1. The third kappa shape index (κ3) is 4.00. The van der Waals surface area contributed by atoms with Gasteiger partial charge in [-0.05, 0) is 24.6 Å². The van der Waals surface area contributed by atoms with Gasteiger partial charge in [0, 0.05) is 0 Å². The first kappa shape index (κ1) is 12.0. The quantitative estimate of drug-likeness (QED) is 0.444. The minimum Gasteiger partial charge on any atom is -0.466 e. The Labute approximate surface area is 94.1 Å². The molecular weight excluding hydrogens is 206 g/mol. The number of aliphatic imine (C=N–C) groups is 1. The minimum atomic E-state index is -0.260. The van der Waals surface area contributed by atoms with E-state index in [4.69, 9.17) is 16.2 Å². The molecule has 0 saturated carbocycles. The number of esters is 1. The number of nitrogens with two attached hydrogens (primary N) is 2. The van der Waals surface area contributed by atoms with Gasteiger partial charge in [-0.15, -0.1) is 0 Å². The third-order valence-electron chi connectivity index (χ3n) is 1.82. The second-order valence-corrected chi connectivity index (χ2v) is 3.19. The van der Waals surface area contributed by atoms with Crippen molar-refractivity contribution >= 4 is 17.6 Å². The number of ether oxygens (including phenoxy) is 1. The number of hydrogen-bond acceptors (Lipinski definition) is 3. The Hall–Kier alpha value is -2.04. The summed E-state index contributed by atoms with van der Waals surface area (Å²) in [6.45, 7) is 2.15. The van der Waals surface area contributed by atoms with E-state index >= 15 is 0 Å². The van der Waals surface area contributed by atoms with Crippen LogP contribution < -0.4 is 11.5 Å². The van der Waals surface area contributed by atoms with Gasteiger partial charge in [0.15, 0.2) is 5.96 Å². The van der Waals surface area contributed by atoms with Crippen LogP contribution in [0.1, 0.15) is 12.5 Å². The number of hydrogen-bond donors (Lipinski definition) is 2. The van der Waals surface area contributed by atoms with Crippen molar-refractivity contribution in [3.8, 4) is 0 Å². The third-order valence-corrected chi connectivity index (χ3v) is 1.82. The highest BCUT2D eigenvalue weighted by atomic mass is 16.5. The Bertz CT molecular complexity index is 398. The van der Waals surface area contributed by atoms with Gasteiger partial charge in [-0.3, -0.25) is 4.79 Å². The predicted molar refractivity (Wildman–Crippen MR) is 62.2 cm³/mol. The zero-order valence-electron chi connectivity index (χ0n) is 9.14. The first-order valence-electron chi connectivity index (χ1n) is 4.96. The van der Waals surface area contributed by atoms with E-state index in [-0.39, 0.29) is 18.3 Å². The molecule has 16 heavy (non-hydrogen) atoms. The van der Waals surface area contributed by atoms with Gasteiger partial charge in [0.25, 0.3) is 0 Å². The van der Waals surface area contributed by atoms with Crippen LogP contribution in [-0.4, -0.2) is 18.5 Å². The van der Waals surface area contributed by atoms with Crippen molar-refractivity contribution < 1.29 is 9.53 Å². The normalized spacial score (nSPS) is 9.56. The van der Waals surface area contributed by atoms with E-state index in [1.807, 2.05) is 6.07 Å². The largest absolute Gasteiger partial charge is 0.466 e. The molecule has 0 fully saturated rings. The van der Waals surface area contributed by atoms with Crippen molar-refractivity contribution in [3.05, 3.63) is 29.8 Å². The lowest BCUT2D eigenvalue weighted by Crippen LogP contribution is -2.21. The molecule has 0 amide bonds. The molecule has 5 nitrogen and oxygen atoms in total. The molecular formula is C11H15N3O2. The molecule has 0 atom stereocenters. The summed E-state index contributed by atoms with van der Waals surface area (Å²) >= 11 is 0. The van der Waals surface area contributed by atoms with Crippen LogP contribution in [0.3, 0.4) is 0 Å². The van der Waals surface area contributed by atoms with Gasteiger partial charge < -0.3 is 16.2 Å². The van der Waals surface area contributed by atoms with Gasteiger partial charge in [-0.2, -0.15) is 0 Å². The van der Waals surface area contributed by atoms with Crippen molar-refractivity contribution in [2.24, 2.45) is 16.5 Å². The van der Waals surface area contributed by atoms with E-state index in [1.165, 1.54) is 0 Å². The van der Waals surface area contributed by atoms with Crippen molar-refractivity contribution in [2.45, 2.75) is 13.3 Å². The van der Waals surface area contributed by atoms with Crippen molar-refractivity contribution in [3.63, 3.8) is 0 Å². The summed E-state index contributed by atoms with van der Waals surface area (Å²) in [5.74, 6) is -0.266. The summed E-state index contributed by atoms with van der Waals surface area (Å²) in [4.78, 5) is 15.1. The fourth-order valence-corrected chi connectivity index (χ4v) is 1.26. The lowest BCUT2D eigenvalue weighted by atomic mass is 10.1. The van der Waals surface area contributed by atoms with Crippen LogP contribution in [0.25, 0.3) is 0 Å². The zero-order valence-corrected chi connectivity index (χ0v) is 9.14. The van der Waals surface area contributed by atoms with Crippen molar-refractivity contribution in [1.29, 1.82) is 0 Å². The topological polar surface area (TPSA) is 90.7 Å². The molecule has 0 aliphatic heterocycles. The van der Waals surface area contributed by atoms with Gasteiger partial charge >= 0.3 is 5.97 Å². The maximum Gasteiger partial charge on any atom is 0.310 e. The summed E-state index contributed by atoms with van der Waals surface area (Å²) in [7, 11) is 0. The van der Waals surface area contributed by atoms with E-state index in [0.717, 1.165) is 5.56 Å². The fraction of sp³-hybridized carbons (Fsp3) is 0.273. The SMILES string of the molecule is CCOC(=O)Cc1cccc(N=C(N)N)c1. The minimum absolute atomic E-state index is 0.00622. The van der Waals surface area contributed by atoms with Gasteiger partial charge in [-0.1, -0.05) is 12.1 Å². The molecule has 0 spiro atoms. The van der Waals surface area contributed by atoms with E-state index in [2.05, 4.69) is 4.99 Å². The highest BCUT2D eigenvalue weighted by Gasteiger charge is 2.04. The average molecular weight is 221 g/mol. The molecule has 86 valence electrons. The first-order chi connectivity index (χ1) is 7.61. The summed E-state index contributed by atoms with van der Waals surface area (Å²) in [6.07, 6.45) is 0.224. The molecule has 4 N–H and O–H groups in total. The van der Waals surface area contributed by atoms with E-state index in [0.29, 0.717) is 12.3 Å². The Morgan fingerprint density at radius 2 is 2.19 bits per heavy atom. The molecule has 0 unspecified atom stereocenters. The van der Waals surface area contributed by atoms with E-state index in [1.54, 1.807) is 25.1 Å². The van der Waals surface area contributed by atoms with Gasteiger partial charge in [0.05, 0.1) is 18.7 Å². The second-order valence-electron chi connectivity index (χ2n) is 3.19. The number of guanidine groups is 1. The summed E-state index contributed by atoms with van der Waals surface area (Å²) in [6, 6.07) is 7.12. The van der Waals surface area contributed by atoms with Crippen LogP contribution in [0.2, 0.25) is 0 Å². The van der Waals surface area contributed by atoms with E-state index in [9.17, 15) is 4.79 Å². The Morgan fingerprint density at radius 1 is 1.44 bits per heavy atom. The summed E-state index contributed by atoms with van der Waals surface area (Å²) in [5.41, 5.74) is 12.0. The number of nitrogens with zero attached hydrogens (tertiary/aromatic N) is 1. The molecule has 1 rings (SSSR count). The number of carbonyl (C=O) groups excluding carboxylic acids is 1. The molecule has 0 heterocycles. The van der Waals surface area contributed by atoms with Crippen molar-refractivity contribution in [1.82, 2.24) is 0 Å². The highest BCUT2D eigenvalue weighted by molar-refractivity contribution is 5.79. The summed E-state index contributed by atoms with van der Waals surface area (Å²) in [5, 5.41) is 0. The lowest BCUT2D eigenvalue weighted by molar-refractivity contribution is -0.142. The average Bonchev–Trinajstić information content (AvgIpc) is 2.17. The summed E-state index contributed by atoms with van der Waals surface area (Å²) < 4.78 is 4.84. The maximum absolute atomic E-state index is 11.2. The smallest absolute Gasteiger partial charge is 0.310 e. The lowest BCUT2D eigenvalue weighted by Gasteiger charge is -2.02. The van der Waals surface area contributed by atoms with Crippen LogP contribution in [0.4, 0.5) is 5.69 Å². The molecule has 5 heteroatoms. The Balaban J connectivity index is 2.75. The number of benzene rings is 1. The van der Waals surface area contributed by atoms with Crippen LogP contribution in [-0.2, 0) is 16.0 Å². The van der Waals surface area contributed by atoms with Gasteiger partial charge in [-0.25, -0.2) is 4.99 Å². The zero-order chi connectivity index (χ0) is 12.0. The standard InChI is InChI=1S/C11H15N3O2/c1-2-16-10(15)7-8-4-3-5-9(6-8)14-11(12)13/h3-6H,2,7H2,1H3,(H4,12,13,14). The Morgan fingerprint density at radius 3 is 2.81 bits per heavy atom. The Kier molecular flexibility index (Phi) is 4.32. The maximum atomic E-state index is 11.2. The highest BCUT2D eigenvalue weighted by Crippen LogP contribution is 2.14.